The highest BCUT2D eigenvalue weighted by Crippen LogP contribution is 2.57. The lowest BCUT2D eigenvalue weighted by Crippen LogP contribution is -2.47. The van der Waals surface area contributed by atoms with Crippen LogP contribution in [0.25, 0.3) is 0 Å². The molecule has 6 rings (SSSR count). The summed E-state index contributed by atoms with van der Waals surface area (Å²) in [6, 6.07) is 24.1. The predicted octanol–water partition coefficient (Wildman–Crippen LogP) is 4.58. The lowest BCUT2D eigenvalue weighted by Gasteiger charge is -2.35. The lowest BCUT2D eigenvalue weighted by atomic mass is 9.74. The molecule has 0 aromatic heterocycles. The molecule has 5 heteroatoms. The number of hydrogen-bond donors (Lipinski definition) is 1. The van der Waals surface area contributed by atoms with Gasteiger partial charge in [-0.15, -0.1) is 0 Å². The molecule has 1 N–H and O–H groups in total. The van der Waals surface area contributed by atoms with E-state index in [1.165, 1.54) is 11.1 Å². The molecule has 1 saturated carbocycles. The molecule has 3 aromatic rings. The van der Waals surface area contributed by atoms with E-state index < -0.39 is 15.6 Å². The lowest BCUT2D eigenvalue weighted by molar-refractivity contribution is 0.232. The van der Waals surface area contributed by atoms with Crippen LogP contribution in [0.2, 0.25) is 0 Å². The third kappa shape index (κ3) is 2.94. The highest BCUT2D eigenvalue weighted by molar-refractivity contribution is 7.89. The molecule has 0 amide bonds. The molecule has 1 aliphatic heterocycles. The van der Waals surface area contributed by atoms with E-state index in [1.54, 1.807) is 6.07 Å². The number of nitrogens with one attached hydrogen (secondary N) is 1. The van der Waals surface area contributed by atoms with Crippen molar-refractivity contribution in [2.24, 2.45) is 11.8 Å². The van der Waals surface area contributed by atoms with Crippen LogP contribution >= 0.6 is 0 Å². The number of sulfonamides is 1. The zero-order chi connectivity index (χ0) is 21.1. The predicted molar refractivity (Wildman–Crippen MR) is 119 cm³/mol. The van der Waals surface area contributed by atoms with Gasteiger partial charge in [-0.1, -0.05) is 54.6 Å². The van der Waals surface area contributed by atoms with Gasteiger partial charge in [-0.2, -0.15) is 4.72 Å². The molecule has 0 saturated heterocycles. The quantitative estimate of drug-likeness (QED) is 0.661. The van der Waals surface area contributed by atoms with Gasteiger partial charge in [0.2, 0.25) is 10.0 Å². The Balaban J connectivity index is 1.34. The highest BCUT2D eigenvalue weighted by Gasteiger charge is 2.59. The number of fused-ring (bicyclic) bond motifs is 2. The van der Waals surface area contributed by atoms with E-state index in [9.17, 15) is 8.42 Å². The Morgan fingerprint density at radius 2 is 1.58 bits per heavy atom. The second-order valence-electron chi connectivity index (χ2n) is 9.05. The van der Waals surface area contributed by atoms with Crippen LogP contribution in [0.15, 0.2) is 77.7 Å². The first kappa shape index (κ1) is 19.1. The van der Waals surface area contributed by atoms with E-state index in [1.807, 2.05) is 36.4 Å². The fourth-order valence-corrected chi connectivity index (χ4v) is 7.83. The Labute approximate surface area is 183 Å². The van der Waals surface area contributed by atoms with Gasteiger partial charge in [0.25, 0.3) is 0 Å². The second-order valence-corrected chi connectivity index (χ2v) is 10.7. The van der Waals surface area contributed by atoms with E-state index in [2.05, 4.69) is 35.1 Å². The highest BCUT2D eigenvalue weighted by atomic mass is 32.2. The van der Waals surface area contributed by atoms with Gasteiger partial charge in [0.15, 0.2) is 0 Å². The van der Waals surface area contributed by atoms with Gasteiger partial charge in [-0.25, -0.2) is 8.42 Å². The Bertz CT molecular complexity index is 1250. The van der Waals surface area contributed by atoms with Gasteiger partial charge in [0.05, 0.1) is 10.4 Å². The van der Waals surface area contributed by atoms with Crippen molar-refractivity contribution in [3.63, 3.8) is 0 Å². The summed E-state index contributed by atoms with van der Waals surface area (Å²) in [4.78, 5) is 0.463. The summed E-state index contributed by atoms with van der Waals surface area (Å²) >= 11 is 0. The van der Waals surface area contributed by atoms with E-state index in [0.29, 0.717) is 11.5 Å². The minimum absolute atomic E-state index is 0.251. The molecule has 3 aliphatic rings. The maximum absolute atomic E-state index is 13.0. The standard InChI is InChI=1S/C26H25NO3S/c28-31(29)25-9-5-4-8-24(25)26(27-31)21-11-12-22(26)15-20-16-23(13-10-19(20)14-21)30-17-18-6-2-1-3-7-18/h1-10,13,16,21-22,27H,11-12,14-15,17H2/t21-,22+,26+/m0/s1. The molecule has 31 heavy (non-hydrogen) atoms. The average molecular weight is 432 g/mol. The van der Waals surface area contributed by atoms with Crippen molar-refractivity contribution in [1.29, 1.82) is 0 Å². The molecule has 158 valence electrons. The first-order chi connectivity index (χ1) is 15.1. The van der Waals surface area contributed by atoms with E-state index >= 15 is 0 Å². The SMILES string of the molecule is O=S1(=O)N[C@@]2(c3ccccc31)[C@@H]1CC[C@H]2Cc2ccc(OCc3ccccc3)cc2C1. The maximum atomic E-state index is 13.0. The van der Waals surface area contributed by atoms with Crippen molar-refractivity contribution in [2.75, 3.05) is 0 Å². The molecule has 1 heterocycles. The summed E-state index contributed by atoms with van der Waals surface area (Å²) < 4.78 is 35.2. The summed E-state index contributed by atoms with van der Waals surface area (Å²) in [6.45, 7) is 0.544. The minimum Gasteiger partial charge on any atom is -0.489 e. The normalized spacial score (nSPS) is 27.5. The average Bonchev–Trinajstić information content (AvgIpc) is 3.17. The molecule has 2 aliphatic carbocycles. The van der Waals surface area contributed by atoms with Crippen LogP contribution < -0.4 is 9.46 Å². The van der Waals surface area contributed by atoms with Crippen LogP contribution in [0.3, 0.4) is 0 Å². The van der Waals surface area contributed by atoms with Gasteiger partial charge >= 0.3 is 0 Å². The summed E-state index contributed by atoms with van der Waals surface area (Å²) in [5.74, 6) is 1.40. The minimum atomic E-state index is -3.47. The van der Waals surface area contributed by atoms with Crippen LogP contribution in [-0.2, 0) is 35.0 Å². The van der Waals surface area contributed by atoms with E-state index in [0.717, 1.165) is 42.6 Å². The molecule has 0 radical (unpaired) electrons. The van der Waals surface area contributed by atoms with Gasteiger partial charge in [-0.3, -0.25) is 0 Å². The molecular weight excluding hydrogens is 406 g/mol. The zero-order valence-electron chi connectivity index (χ0n) is 17.3. The number of hydrogen-bond acceptors (Lipinski definition) is 3. The van der Waals surface area contributed by atoms with Crippen molar-refractivity contribution in [3.8, 4) is 5.75 Å². The number of ether oxygens (including phenoxy) is 1. The number of rotatable bonds is 3. The summed E-state index contributed by atoms with van der Waals surface area (Å²) in [7, 11) is -3.47. The molecule has 1 fully saturated rings. The molecule has 3 atom stereocenters. The van der Waals surface area contributed by atoms with Crippen molar-refractivity contribution in [1.82, 2.24) is 4.72 Å². The Hall–Kier alpha value is -2.63. The Morgan fingerprint density at radius 1 is 0.871 bits per heavy atom. The van der Waals surface area contributed by atoms with Gasteiger partial charge in [0, 0.05) is 0 Å². The zero-order valence-corrected chi connectivity index (χ0v) is 18.1. The van der Waals surface area contributed by atoms with Gasteiger partial charge < -0.3 is 4.74 Å². The Morgan fingerprint density at radius 3 is 2.39 bits per heavy atom. The van der Waals surface area contributed by atoms with E-state index in [4.69, 9.17) is 4.74 Å². The van der Waals surface area contributed by atoms with Crippen LogP contribution in [-0.4, -0.2) is 8.42 Å². The molecule has 3 aromatic carbocycles. The molecule has 1 spiro atoms. The Kier molecular flexibility index (Phi) is 4.27. The van der Waals surface area contributed by atoms with Crippen molar-refractivity contribution in [2.45, 2.75) is 42.7 Å². The van der Waals surface area contributed by atoms with Gasteiger partial charge in [-0.05, 0) is 78.0 Å². The molecule has 0 unspecified atom stereocenters. The number of benzene rings is 3. The van der Waals surface area contributed by atoms with Crippen LogP contribution in [0, 0.1) is 11.8 Å². The maximum Gasteiger partial charge on any atom is 0.241 e. The topological polar surface area (TPSA) is 55.4 Å². The first-order valence-corrected chi connectivity index (χ1v) is 12.5. The fraction of sp³-hybridized carbons (Fsp3) is 0.308. The van der Waals surface area contributed by atoms with Crippen molar-refractivity contribution < 1.29 is 13.2 Å². The largest absolute Gasteiger partial charge is 0.489 e. The third-order valence-corrected chi connectivity index (χ3v) is 8.98. The van der Waals surface area contributed by atoms with Crippen molar-refractivity contribution >= 4 is 10.0 Å². The summed E-state index contributed by atoms with van der Waals surface area (Å²) in [5.41, 5.74) is 4.24. The van der Waals surface area contributed by atoms with Crippen LogP contribution in [0.4, 0.5) is 0 Å². The molecule has 2 bridgehead atoms. The molecular formula is C26H25NO3S. The van der Waals surface area contributed by atoms with Crippen LogP contribution in [0.1, 0.15) is 35.1 Å². The monoisotopic (exact) mass is 431 g/mol. The first-order valence-electron chi connectivity index (χ1n) is 11.0. The molecule has 4 nitrogen and oxygen atoms in total. The van der Waals surface area contributed by atoms with E-state index in [-0.39, 0.29) is 11.8 Å². The fourth-order valence-electron chi connectivity index (χ4n) is 6.05. The van der Waals surface area contributed by atoms with Gasteiger partial charge in [0.1, 0.15) is 12.4 Å². The third-order valence-electron chi connectivity index (χ3n) is 7.44. The summed E-state index contributed by atoms with van der Waals surface area (Å²) in [6.07, 6.45) is 3.84. The van der Waals surface area contributed by atoms with Crippen LogP contribution in [0.5, 0.6) is 5.75 Å². The van der Waals surface area contributed by atoms with Crippen molar-refractivity contribution in [3.05, 3.63) is 95.1 Å². The smallest absolute Gasteiger partial charge is 0.241 e. The summed E-state index contributed by atoms with van der Waals surface area (Å²) in [5, 5.41) is 0. The second kappa shape index (κ2) is 6.94.